The van der Waals surface area contributed by atoms with Crippen molar-refractivity contribution in [3.8, 4) is 23.0 Å². The lowest BCUT2D eigenvalue weighted by atomic mass is 10.0. The minimum Gasteiger partial charge on any atom is -0.497 e. The van der Waals surface area contributed by atoms with Crippen LogP contribution in [0.4, 0.5) is 0 Å². The summed E-state index contributed by atoms with van der Waals surface area (Å²) < 4.78 is 21.7. The lowest BCUT2D eigenvalue weighted by Crippen LogP contribution is -2.09. The fourth-order valence-electron chi connectivity index (χ4n) is 3.34. The molecule has 0 spiro atoms. The Labute approximate surface area is 189 Å². The van der Waals surface area contributed by atoms with E-state index in [-0.39, 0.29) is 22.9 Å². The molecule has 0 amide bonds. The van der Waals surface area contributed by atoms with Gasteiger partial charge in [-0.3, -0.25) is 4.79 Å². The molecule has 0 bridgehead atoms. The fourth-order valence-corrected chi connectivity index (χ4v) is 3.46. The van der Waals surface area contributed by atoms with Gasteiger partial charge in [0.15, 0.2) is 5.76 Å². The summed E-state index contributed by atoms with van der Waals surface area (Å²) in [6.45, 7) is 1.76. The molecular weight excluding hydrogens is 432 g/mol. The molecule has 0 atom stereocenters. The summed E-state index contributed by atoms with van der Waals surface area (Å²) in [7, 11) is 2.99. The molecule has 162 valence electrons. The molecule has 0 radical (unpaired) electrons. The van der Waals surface area contributed by atoms with Gasteiger partial charge < -0.3 is 18.9 Å². The van der Waals surface area contributed by atoms with Crippen LogP contribution in [0.15, 0.2) is 60.4 Å². The zero-order valence-electron chi connectivity index (χ0n) is 17.6. The minimum atomic E-state index is -0.595. The maximum atomic E-state index is 12.8. The Balaban J connectivity index is 1.60. The molecule has 7 heteroatoms. The summed E-state index contributed by atoms with van der Waals surface area (Å²) in [5.74, 6) is 0.881. The van der Waals surface area contributed by atoms with Gasteiger partial charge in [0.25, 0.3) is 0 Å². The standard InChI is InChI=1S/C25H19ClO6/c1-14-8-20(31-25(28)16-10-18(29-2)12-19(11-16)30-3)13-21-23(14)24(27)22(32-21)9-15-4-6-17(26)7-5-15/h4-13H,1-3H3/b22-9-. The second-order valence-electron chi connectivity index (χ2n) is 7.10. The van der Waals surface area contributed by atoms with Gasteiger partial charge in [0.05, 0.1) is 25.3 Å². The molecule has 3 aromatic rings. The fraction of sp³-hybridized carbons (Fsp3) is 0.120. The Kier molecular flexibility index (Phi) is 5.88. The predicted octanol–water partition coefficient (Wildman–Crippen LogP) is 5.50. The van der Waals surface area contributed by atoms with E-state index in [9.17, 15) is 9.59 Å². The van der Waals surface area contributed by atoms with Crippen molar-refractivity contribution in [2.75, 3.05) is 14.2 Å². The van der Waals surface area contributed by atoms with Crippen LogP contribution in [0.1, 0.15) is 31.8 Å². The number of rotatable bonds is 5. The van der Waals surface area contributed by atoms with E-state index in [4.69, 9.17) is 30.5 Å². The Bertz CT molecular complexity index is 1220. The van der Waals surface area contributed by atoms with E-state index in [1.54, 1.807) is 61.5 Å². The van der Waals surface area contributed by atoms with E-state index < -0.39 is 5.97 Å². The SMILES string of the molecule is COc1cc(OC)cc(C(=O)Oc2cc(C)c3c(c2)O/C(=C\c2ccc(Cl)cc2)C3=O)c1. The highest BCUT2D eigenvalue weighted by molar-refractivity contribution is 6.30. The molecule has 6 nitrogen and oxygen atoms in total. The van der Waals surface area contributed by atoms with E-state index in [0.717, 1.165) is 5.56 Å². The average Bonchev–Trinajstić information content (AvgIpc) is 3.10. The van der Waals surface area contributed by atoms with Crippen molar-refractivity contribution in [3.63, 3.8) is 0 Å². The maximum absolute atomic E-state index is 12.8. The molecule has 32 heavy (non-hydrogen) atoms. The van der Waals surface area contributed by atoms with Gasteiger partial charge >= 0.3 is 5.97 Å². The van der Waals surface area contributed by atoms with Crippen molar-refractivity contribution in [1.82, 2.24) is 0 Å². The highest BCUT2D eigenvalue weighted by Gasteiger charge is 2.30. The molecule has 0 aliphatic carbocycles. The van der Waals surface area contributed by atoms with Crippen LogP contribution in [0.3, 0.4) is 0 Å². The zero-order valence-corrected chi connectivity index (χ0v) is 18.4. The van der Waals surface area contributed by atoms with Crippen LogP contribution in [0.5, 0.6) is 23.0 Å². The Morgan fingerprint density at radius 1 is 0.938 bits per heavy atom. The summed E-state index contributed by atoms with van der Waals surface area (Å²) in [6.07, 6.45) is 1.65. The number of halogens is 1. The number of carbonyl (C=O) groups excluding carboxylic acids is 2. The third-order valence-corrected chi connectivity index (χ3v) is 5.16. The number of aryl methyl sites for hydroxylation is 1. The van der Waals surface area contributed by atoms with Gasteiger partial charge in [-0.15, -0.1) is 0 Å². The Morgan fingerprint density at radius 2 is 1.59 bits per heavy atom. The molecule has 1 aliphatic heterocycles. The molecule has 0 N–H and O–H groups in total. The number of allylic oxidation sites excluding steroid dienone is 1. The lowest BCUT2D eigenvalue weighted by Gasteiger charge is -2.10. The minimum absolute atomic E-state index is 0.187. The van der Waals surface area contributed by atoms with E-state index in [1.165, 1.54) is 20.3 Å². The molecule has 0 saturated heterocycles. The number of hydrogen-bond acceptors (Lipinski definition) is 6. The predicted molar refractivity (Wildman–Crippen MR) is 120 cm³/mol. The largest absolute Gasteiger partial charge is 0.497 e. The second kappa shape index (κ2) is 8.77. The molecule has 4 rings (SSSR count). The molecular formula is C25H19ClO6. The van der Waals surface area contributed by atoms with E-state index >= 15 is 0 Å². The van der Waals surface area contributed by atoms with Crippen LogP contribution >= 0.6 is 11.6 Å². The van der Waals surface area contributed by atoms with Crippen molar-refractivity contribution in [2.45, 2.75) is 6.92 Å². The first kappa shape index (κ1) is 21.5. The zero-order chi connectivity index (χ0) is 22.8. The third kappa shape index (κ3) is 4.31. The van der Waals surface area contributed by atoms with Gasteiger partial charge in [-0.1, -0.05) is 23.7 Å². The summed E-state index contributed by atoms with van der Waals surface area (Å²) >= 11 is 5.91. The number of methoxy groups -OCH3 is 2. The van der Waals surface area contributed by atoms with Crippen LogP contribution in [-0.2, 0) is 0 Å². The molecule has 0 fully saturated rings. The summed E-state index contributed by atoms with van der Waals surface area (Å²) in [5.41, 5.74) is 2.12. The number of hydrogen-bond donors (Lipinski definition) is 0. The van der Waals surface area contributed by atoms with E-state index in [1.807, 2.05) is 0 Å². The van der Waals surface area contributed by atoms with Crippen LogP contribution < -0.4 is 18.9 Å². The molecule has 1 aliphatic rings. The topological polar surface area (TPSA) is 71.1 Å². The number of fused-ring (bicyclic) bond motifs is 1. The van der Waals surface area contributed by atoms with E-state index in [2.05, 4.69) is 0 Å². The van der Waals surface area contributed by atoms with Crippen molar-refractivity contribution in [2.24, 2.45) is 0 Å². The number of benzene rings is 3. The molecule has 0 saturated carbocycles. The molecule has 1 heterocycles. The van der Waals surface area contributed by atoms with Crippen LogP contribution in [-0.4, -0.2) is 26.0 Å². The first-order chi connectivity index (χ1) is 15.4. The van der Waals surface area contributed by atoms with Gasteiger partial charge in [-0.2, -0.15) is 0 Å². The average molecular weight is 451 g/mol. The van der Waals surface area contributed by atoms with E-state index in [0.29, 0.717) is 33.4 Å². The number of ketones is 1. The Morgan fingerprint density at radius 3 is 2.22 bits per heavy atom. The number of esters is 1. The number of ether oxygens (including phenoxy) is 4. The maximum Gasteiger partial charge on any atom is 0.343 e. The quantitative estimate of drug-likeness (QED) is 0.290. The second-order valence-corrected chi connectivity index (χ2v) is 7.53. The van der Waals surface area contributed by atoms with Gasteiger partial charge in [0, 0.05) is 17.2 Å². The first-order valence-corrected chi connectivity index (χ1v) is 10.1. The van der Waals surface area contributed by atoms with Crippen molar-refractivity contribution in [1.29, 1.82) is 0 Å². The normalized spacial score (nSPS) is 13.5. The third-order valence-electron chi connectivity index (χ3n) is 4.91. The first-order valence-electron chi connectivity index (χ1n) is 9.67. The summed E-state index contributed by atoms with van der Waals surface area (Å²) in [4.78, 5) is 25.5. The van der Waals surface area contributed by atoms with Gasteiger partial charge in [0.2, 0.25) is 5.78 Å². The van der Waals surface area contributed by atoms with Crippen molar-refractivity contribution < 1.29 is 28.5 Å². The van der Waals surface area contributed by atoms with Crippen LogP contribution in [0, 0.1) is 6.92 Å². The van der Waals surface area contributed by atoms with Crippen LogP contribution in [0.2, 0.25) is 5.02 Å². The Hall–Kier alpha value is -3.77. The van der Waals surface area contributed by atoms with Crippen molar-refractivity contribution in [3.05, 3.63) is 87.6 Å². The highest BCUT2D eigenvalue weighted by Crippen LogP contribution is 2.38. The smallest absolute Gasteiger partial charge is 0.343 e. The monoisotopic (exact) mass is 450 g/mol. The molecule has 0 aromatic heterocycles. The van der Waals surface area contributed by atoms with Gasteiger partial charge in [-0.05, 0) is 54.5 Å². The van der Waals surface area contributed by atoms with Crippen LogP contribution in [0.25, 0.3) is 6.08 Å². The van der Waals surface area contributed by atoms with Gasteiger partial charge in [-0.25, -0.2) is 4.79 Å². The molecule has 0 unspecified atom stereocenters. The molecule has 3 aromatic carbocycles. The lowest BCUT2D eigenvalue weighted by molar-refractivity contribution is 0.0733. The number of carbonyl (C=O) groups is 2. The highest BCUT2D eigenvalue weighted by atomic mass is 35.5. The summed E-state index contributed by atoms with van der Waals surface area (Å²) in [5, 5.41) is 0.602. The number of Topliss-reactive ketones (excluding diaryl/α,β-unsaturated/α-hetero) is 1. The van der Waals surface area contributed by atoms with Gasteiger partial charge in [0.1, 0.15) is 23.0 Å². The summed E-state index contributed by atoms with van der Waals surface area (Å²) in [6, 6.07) is 15.0. The van der Waals surface area contributed by atoms with Crippen molar-refractivity contribution >= 4 is 29.4 Å².